The SMILES string of the molecule is COC(=O)c1c[c-]c(N2C=CN(C)[CH-]2)cc1.[Ir]. The van der Waals surface area contributed by atoms with Crippen molar-refractivity contribution in [3.8, 4) is 0 Å². The minimum atomic E-state index is -0.346. The molecule has 93 valence electrons. The summed E-state index contributed by atoms with van der Waals surface area (Å²) >= 11 is 0. The number of anilines is 1. The zero-order valence-electron chi connectivity index (χ0n) is 9.51. The number of carbonyl (C=O) groups is 1. The van der Waals surface area contributed by atoms with E-state index in [2.05, 4.69) is 10.8 Å². The van der Waals surface area contributed by atoms with Crippen LogP contribution >= 0.6 is 0 Å². The maximum atomic E-state index is 11.2. The van der Waals surface area contributed by atoms with Gasteiger partial charge in [-0.15, -0.1) is 11.8 Å². The van der Waals surface area contributed by atoms with Gasteiger partial charge in [0.1, 0.15) is 0 Å². The van der Waals surface area contributed by atoms with Crippen molar-refractivity contribution >= 4 is 11.7 Å². The van der Waals surface area contributed by atoms with Crippen LogP contribution in [0.3, 0.4) is 0 Å². The van der Waals surface area contributed by atoms with E-state index in [-0.39, 0.29) is 26.1 Å². The molecule has 1 aliphatic heterocycles. The number of benzene rings is 1. The van der Waals surface area contributed by atoms with E-state index in [9.17, 15) is 4.79 Å². The number of rotatable bonds is 2. The summed E-state index contributed by atoms with van der Waals surface area (Å²) in [5.74, 6) is -0.346. The number of hydrogen-bond donors (Lipinski definition) is 0. The van der Waals surface area contributed by atoms with Crippen molar-refractivity contribution in [3.05, 3.63) is 48.9 Å². The first-order valence-corrected chi connectivity index (χ1v) is 4.84. The smallest absolute Gasteiger partial charge is 0.280 e. The van der Waals surface area contributed by atoms with Crippen LogP contribution in [-0.4, -0.2) is 25.0 Å². The van der Waals surface area contributed by atoms with Crippen molar-refractivity contribution in [1.29, 1.82) is 0 Å². The van der Waals surface area contributed by atoms with Crippen LogP contribution in [0.15, 0.2) is 30.6 Å². The quantitative estimate of drug-likeness (QED) is 0.550. The maximum Gasteiger partial charge on any atom is 0.280 e. The van der Waals surface area contributed by atoms with Crippen molar-refractivity contribution in [3.63, 3.8) is 0 Å². The van der Waals surface area contributed by atoms with E-state index in [1.54, 1.807) is 12.1 Å². The number of nitrogens with zero attached hydrogens (tertiary/aromatic N) is 2. The van der Waals surface area contributed by atoms with Crippen molar-refractivity contribution in [2.24, 2.45) is 0 Å². The molecule has 0 N–H and O–H groups in total. The molecule has 0 unspecified atom stereocenters. The van der Waals surface area contributed by atoms with Crippen LogP contribution in [0.25, 0.3) is 0 Å². The molecule has 1 aromatic rings. The van der Waals surface area contributed by atoms with Gasteiger partial charge in [-0.3, -0.25) is 4.79 Å². The van der Waals surface area contributed by atoms with Gasteiger partial charge in [-0.1, -0.05) is 5.56 Å². The van der Waals surface area contributed by atoms with Crippen molar-refractivity contribution in [2.45, 2.75) is 0 Å². The molecule has 1 aromatic carbocycles. The largest absolute Gasteiger partial charge is 0.510 e. The molecule has 1 aliphatic rings. The molecule has 1 radical (unpaired) electrons. The Hall–Kier alpha value is -1.32. The van der Waals surface area contributed by atoms with Crippen LogP contribution in [0.4, 0.5) is 5.69 Å². The van der Waals surface area contributed by atoms with E-state index in [1.807, 2.05) is 42.0 Å². The molecule has 0 saturated carbocycles. The Balaban J connectivity index is 0.00000144. The second-order valence-corrected chi connectivity index (χ2v) is 3.44. The number of ether oxygens (including phenoxy) is 1. The summed E-state index contributed by atoms with van der Waals surface area (Å²) in [6.07, 6.45) is 3.85. The number of methoxy groups -OCH3 is 1. The minimum Gasteiger partial charge on any atom is -0.510 e. The summed E-state index contributed by atoms with van der Waals surface area (Å²) in [7, 11) is 3.31. The molecular formula is C12H12IrN2O2-2. The third-order valence-corrected chi connectivity index (χ3v) is 2.26. The number of hydrogen-bond acceptors (Lipinski definition) is 4. The van der Waals surface area contributed by atoms with Crippen molar-refractivity contribution in [2.75, 3.05) is 19.1 Å². The molecule has 2 rings (SSSR count). The van der Waals surface area contributed by atoms with Gasteiger partial charge in [0.05, 0.1) is 7.11 Å². The van der Waals surface area contributed by atoms with Gasteiger partial charge in [-0.05, 0) is 19.4 Å². The zero-order chi connectivity index (χ0) is 11.5. The maximum absolute atomic E-state index is 11.2. The van der Waals surface area contributed by atoms with Gasteiger partial charge < -0.3 is 14.5 Å². The zero-order valence-corrected chi connectivity index (χ0v) is 11.9. The average Bonchev–Trinajstić information content (AvgIpc) is 2.75. The Morgan fingerprint density at radius 1 is 1.41 bits per heavy atom. The normalized spacial score (nSPS) is 13.5. The van der Waals surface area contributed by atoms with Crippen molar-refractivity contribution in [1.82, 2.24) is 4.90 Å². The van der Waals surface area contributed by atoms with Gasteiger partial charge in [0.2, 0.25) is 0 Å². The van der Waals surface area contributed by atoms with E-state index in [1.165, 1.54) is 7.11 Å². The Morgan fingerprint density at radius 2 is 2.18 bits per heavy atom. The predicted molar refractivity (Wildman–Crippen MR) is 60.3 cm³/mol. The third kappa shape index (κ3) is 3.08. The first-order valence-electron chi connectivity index (χ1n) is 4.84. The fourth-order valence-corrected chi connectivity index (χ4v) is 1.41. The molecule has 0 atom stereocenters. The molecule has 0 aliphatic carbocycles. The summed E-state index contributed by atoms with van der Waals surface area (Å²) in [6.45, 7) is 1.92. The number of esters is 1. The number of carbonyl (C=O) groups excluding carboxylic acids is 1. The second kappa shape index (κ2) is 5.84. The van der Waals surface area contributed by atoms with Gasteiger partial charge in [-0.2, -0.15) is 24.9 Å². The van der Waals surface area contributed by atoms with E-state index in [0.717, 1.165) is 5.69 Å². The fraction of sp³-hybridized carbons (Fsp3) is 0.167. The molecule has 0 aromatic heterocycles. The second-order valence-electron chi connectivity index (χ2n) is 3.44. The summed E-state index contributed by atoms with van der Waals surface area (Å²) in [5, 5.41) is 0. The molecule has 0 amide bonds. The Kier molecular flexibility index (Phi) is 4.72. The van der Waals surface area contributed by atoms with E-state index in [0.29, 0.717) is 5.56 Å². The Labute approximate surface area is 114 Å². The third-order valence-electron chi connectivity index (χ3n) is 2.26. The predicted octanol–water partition coefficient (Wildman–Crippen LogP) is 1.61. The first-order chi connectivity index (χ1) is 7.70. The minimum absolute atomic E-state index is 0. The molecule has 0 spiro atoms. The van der Waals surface area contributed by atoms with Gasteiger partial charge in [0, 0.05) is 20.1 Å². The van der Waals surface area contributed by atoms with Crippen LogP contribution in [0.5, 0.6) is 0 Å². The monoisotopic (exact) mass is 409 g/mol. The Bertz CT molecular complexity index is 417. The first kappa shape index (κ1) is 13.7. The van der Waals surface area contributed by atoms with Crippen LogP contribution in [0, 0.1) is 12.7 Å². The fourth-order valence-electron chi connectivity index (χ4n) is 1.41. The molecular weight excluding hydrogens is 396 g/mol. The summed E-state index contributed by atoms with van der Waals surface area (Å²) in [6, 6.07) is 8.20. The van der Waals surface area contributed by atoms with Gasteiger partial charge in [0.15, 0.2) is 0 Å². The molecule has 0 fully saturated rings. The standard InChI is InChI=1S/C12H12N2O2.Ir/c1-13-7-8-14(9-13)11-5-3-10(4-6-11)12(15)16-2;/h3-5,7-9H,1-2H3;/q-2;. The van der Waals surface area contributed by atoms with Crippen molar-refractivity contribution < 1.29 is 29.6 Å². The molecule has 4 nitrogen and oxygen atoms in total. The summed E-state index contributed by atoms with van der Waals surface area (Å²) < 4.78 is 4.62. The topological polar surface area (TPSA) is 32.8 Å². The summed E-state index contributed by atoms with van der Waals surface area (Å²) in [4.78, 5) is 15.1. The van der Waals surface area contributed by atoms with Crippen LogP contribution in [-0.2, 0) is 24.8 Å². The van der Waals surface area contributed by atoms with Gasteiger partial charge in [0.25, 0.3) is 5.97 Å². The Morgan fingerprint density at radius 3 is 2.65 bits per heavy atom. The van der Waals surface area contributed by atoms with Crippen LogP contribution in [0.1, 0.15) is 10.4 Å². The van der Waals surface area contributed by atoms with E-state index < -0.39 is 0 Å². The van der Waals surface area contributed by atoms with Gasteiger partial charge in [-0.25, -0.2) is 0 Å². The molecule has 17 heavy (non-hydrogen) atoms. The van der Waals surface area contributed by atoms with E-state index >= 15 is 0 Å². The summed E-state index contributed by atoms with van der Waals surface area (Å²) in [5.41, 5.74) is 1.39. The average molecular weight is 408 g/mol. The molecule has 0 bridgehead atoms. The van der Waals surface area contributed by atoms with E-state index in [4.69, 9.17) is 0 Å². The van der Waals surface area contributed by atoms with Crippen LogP contribution in [0.2, 0.25) is 0 Å². The van der Waals surface area contributed by atoms with Gasteiger partial charge >= 0.3 is 0 Å². The molecule has 0 saturated heterocycles. The molecule has 5 heteroatoms. The van der Waals surface area contributed by atoms with Crippen LogP contribution < -0.4 is 4.90 Å². The molecule has 1 heterocycles.